The van der Waals surface area contributed by atoms with Gasteiger partial charge in [0.15, 0.2) is 0 Å². The number of nitrogens with two attached hydrogens (primary N) is 1. The number of piperidine rings is 1. The minimum atomic E-state index is -2.94. The van der Waals surface area contributed by atoms with Crippen molar-refractivity contribution in [3.05, 3.63) is 0 Å². The number of halogens is 2. The molecular weight excluding hydrogens is 232 g/mol. The Bertz CT molecular complexity index is 292. The lowest BCUT2D eigenvalue weighted by Crippen LogP contribution is -2.57. The molecule has 1 amide bonds. The Balaban J connectivity index is 2.67. The molecule has 0 bridgehead atoms. The van der Waals surface area contributed by atoms with Crippen molar-refractivity contribution in [3.63, 3.8) is 0 Å². The van der Waals surface area contributed by atoms with E-state index in [9.17, 15) is 13.6 Å². The van der Waals surface area contributed by atoms with Gasteiger partial charge in [0.05, 0.1) is 6.54 Å². The van der Waals surface area contributed by atoms with E-state index in [1.54, 1.807) is 20.8 Å². The predicted molar refractivity (Wildman–Crippen MR) is 58.5 cm³/mol. The molecule has 1 saturated heterocycles. The largest absolute Gasteiger partial charge is 0.444 e. The van der Waals surface area contributed by atoms with E-state index in [0.717, 1.165) is 4.90 Å². The molecule has 0 aromatic rings. The lowest BCUT2D eigenvalue weighted by molar-refractivity contribution is -0.0784. The van der Waals surface area contributed by atoms with Crippen molar-refractivity contribution < 1.29 is 18.3 Å². The molecule has 0 aliphatic carbocycles. The minimum absolute atomic E-state index is 0.126. The molecule has 1 fully saturated rings. The first-order chi connectivity index (χ1) is 7.63. The molecule has 1 heterocycles. The Labute approximate surface area is 99.2 Å². The molecule has 1 rings (SSSR count). The van der Waals surface area contributed by atoms with Crippen LogP contribution in [-0.4, -0.2) is 41.6 Å². The van der Waals surface area contributed by atoms with E-state index in [-0.39, 0.29) is 13.0 Å². The van der Waals surface area contributed by atoms with E-state index in [4.69, 9.17) is 10.6 Å². The normalized spacial score (nSPS) is 24.6. The van der Waals surface area contributed by atoms with Crippen molar-refractivity contribution in [2.75, 3.05) is 13.1 Å². The topological polar surface area (TPSA) is 67.6 Å². The smallest absolute Gasteiger partial charge is 0.410 e. The lowest BCUT2D eigenvalue weighted by Gasteiger charge is -2.37. The number of nitrogens with zero attached hydrogens (tertiary/aromatic N) is 1. The summed E-state index contributed by atoms with van der Waals surface area (Å²) < 4.78 is 31.7. The Morgan fingerprint density at radius 2 is 2.12 bits per heavy atom. The number of alkyl halides is 2. The van der Waals surface area contributed by atoms with Crippen molar-refractivity contribution in [3.8, 4) is 0 Å². The summed E-state index contributed by atoms with van der Waals surface area (Å²) in [5.74, 6) is 2.21. The summed E-state index contributed by atoms with van der Waals surface area (Å²) in [6.45, 7) is 4.56. The van der Waals surface area contributed by atoms with Crippen LogP contribution in [0.2, 0.25) is 0 Å². The van der Waals surface area contributed by atoms with Crippen molar-refractivity contribution in [1.82, 2.24) is 10.3 Å². The molecule has 0 spiro atoms. The quantitative estimate of drug-likeness (QED) is 0.541. The van der Waals surface area contributed by atoms with Crippen molar-refractivity contribution in [2.45, 2.75) is 44.8 Å². The molecule has 0 aromatic carbocycles. The van der Waals surface area contributed by atoms with Crippen LogP contribution in [0, 0.1) is 0 Å². The summed E-state index contributed by atoms with van der Waals surface area (Å²) in [7, 11) is 0. The highest BCUT2D eigenvalue weighted by Crippen LogP contribution is 2.27. The standard InChI is InChI=1S/C10H19F2N3O2/c1-9(2,3)17-8(16)15-5-7(14-13)4-10(11,12)6-15/h7,14H,4-6,13H2,1-3H3. The molecule has 0 aromatic heterocycles. The Morgan fingerprint density at radius 1 is 1.53 bits per heavy atom. The van der Waals surface area contributed by atoms with Crippen LogP contribution in [0.15, 0.2) is 0 Å². The van der Waals surface area contributed by atoms with E-state index in [1.165, 1.54) is 0 Å². The summed E-state index contributed by atoms with van der Waals surface area (Å²) in [6, 6.07) is -0.619. The van der Waals surface area contributed by atoms with Gasteiger partial charge in [0.1, 0.15) is 5.60 Å². The van der Waals surface area contributed by atoms with Gasteiger partial charge < -0.3 is 9.64 Å². The summed E-state index contributed by atoms with van der Waals surface area (Å²) in [6.07, 6.45) is -1.11. The number of hydrogen-bond donors (Lipinski definition) is 2. The van der Waals surface area contributed by atoms with Gasteiger partial charge in [0.25, 0.3) is 5.92 Å². The Morgan fingerprint density at radius 3 is 2.59 bits per heavy atom. The van der Waals surface area contributed by atoms with Crippen LogP contribution in [0.1, 0.15) is 27.2 Å². The van der Waals surface area contributed by atoms with Gasteiger partial charge in [0, 0.05) is 19.0 Å². The van der Waals surface area contributed by atoms with Crippen LogP contribution in [-0.2, 0) is 4.74 Å². The number of ether oxygens (including phenoxy) is 1. The highest BCUT2D eigenvalue weighted by atomic mass is 19.3. The minimum Gasteiger partial charge on any atom is -0.444 e. The van der Waals surface area contributed by atoms with E-state index in [2.05, 4.69) is 5.43 Å². The second-order valence-electron chi connectivity index (χ2n) is 5.28. The molecule has 3 N–H and O–H groups in total. The first-order valence-corrected chi connectivity index (χ1v) is 5.45. The zero-order valence-corrected chi connectivity index (χ0v) is 10.3. The highest BCUT2D eigenvalue weighted by molar-refractivity contribution is 5.68. The van der Waals surface area contributed by atoms with Crippen molar-refractivity contribution in [2.24, 2.45) is 5.84 Å². The third-order valence-corrected chi connectivity index (χ3v) is 2.30. The molecule has 0 radical (unpaired) electrons. The van der Waals surface area contributed by atoms with Gasteiger partial charge in [-0.1, -0.05) is 0 Å². The lowest BCUT2D eigenvalue weighted by atomic mass is 10.0. The molecule has 0 saturated carbocycles. The molecule has 100 valence electrons. The highest BCUT2D eigenvalue weighted by Gasteiger charge is 2.42. The summed E-state index contributed by atoms with van der Waals surface area (Å²) in [5, 5.41) is 0. The van der Waals surface area contributed by atoms with E-state index < -0.39 is 30.2 Å². The molecular formula is C10H19F2N3O2. The Hall–Kier alpha value is -0.950. The first kappa shape index (κ1) is 14.1. The maximum atomic E-state index is 13.3. The van der Waals surface area contributed by atoms with Gasteiger partial charge in [-0.05, 0) is 20.8 Å². The number of carbonyl (C=O) groups is 1. The monoisotopic (exact) mass is 251 g/mol. The second-order valence-corrected chi connectivity index (χ2v) is 5.28. The number of nitrogens with one attached hydrogen (secondary N) is 1. The van der Waals surface area contributed by atoms with Crippen LogP contribution in [0.4, 0.5) is 13.6 Å². The van der Waals surface area contributed by atoms with Crippen LogP contribution in [0.5, 0.6) is 0 Å². The number of carbonyl (C=O) groups excluding carboxylic acids is 1. The van der Waals surface area contributed by atoms with E-state index in [1.807, 2.05) is 0 Å². The number of amides is 1. The summed E-state index contributed by atoms with van der Waals surface area (Å²) in [5.41, 5.74) is 1.58. The van der Waals surface area contributed by atoms with Gasteiger partial charge in [0.2, 0.25) is 0 Å². The van der Waals surface area contributed by atoms with Crippen LogP contribution in [0.3, 0.4) is 0 Å². The number of rotatable bonds is 1. The van der Waals surface area contributed by atoms with E-state index >= 15 is 0 Å². The zero-order valence-electron chi connectivity index (χ0n) is 10.3. The SMILES string of the molecule is CC(C)(C)OC(=O)N1CC(NN)CC(F)(F)C1. The third kappa shape index (κ3) is 4.43. The predicted octanol–water partition coefficient (Wildman–Crippen LogP) is 1.09. The number of likely N-dealkylation sites (tertiary alicyclic amines) is 1. The Kier molecular flexibility index (Phi) is 3.93. The molecule has 1 aliphatic heterocycles. The maximum Gasteiger partial charge on any atom is 0.410 e. The van der Waals surface area contributed by atoms with Gasteiger partial charge >= 0.3 is 6.09 Å². The maximum absolute atomic E-state index is 13.3. The first-order valence-electron chi connectivity index (χ1n) is 5.45. The van der Waals surface area contributed by atoms with Gasteiger partial charge in [-0.25, -0.2) is 13.6 Å². The molecule has 1 unspecified atom stereocenters. The molecule has 1 aliphatic rings. The summed E-state index contributed by atoms with van der Waals surface area (Å²) >= 11 is 0. The van der Waals surface area contributed by atoms with E-state index in [0.29, 0.717) is 0 Å². The molecule has 1 atom stereocenters. The van der Waals surface area contributed by atoms with Gasteiger partial charge in [-0.2, -0.15) is 0 Å². The van der Waals surface area contributed by atoms with Gasteiger partial charge in [-0.3, -0.25) is 11.3 Å². The van der Waals surface area contributed by atoms with Crippen LogP contribution < -0.4 is 11.3 Å². The molecule has 5 nitrogen and oxygen atoms in total. The third-order valence-electron chi connectivity index (χ3n) is 2.30. The average Bonchev–Trinajstić information content (AvgIpc) is 2.12. The average molecular weight is 251 g/mol. The second kappa shape index (κ2) is 4.73. The zero-order chi connectivity index (χ0) is 13.3. The summed E-state index contributed by atoms with van der Waals surface area (Å²) in [4.78, 5) is 12.7. The molecule has 17 heavy (non-hydrogen) atoms. The van der Waals surface area contributed by atoms with Crippen LogP contribution >= 0.6 is 0 Å². The fourth-order valence-electron chi connectivity index (χ4n) is 1.68. The van der Waals surface area contributed by atoms with Gasteiger partial charge in [-0.15, -0.1) is 0 Å². The fraction of sp³-hybridized carbons (Fsp3) is 0.900. The fourth-order valence-corrected chi connectivity index (χ4v) is 1.68. The van der Waals surface area contributed by atoms with Crippen LogP contribution in [0.25, 0.3) is 0 Å². The van der Waals surface area contributed by atoms with Crippen molar-refractivity contribution in [1.29, 1.82) is 0 Å². The van der Waals surface area contributed by atoms with Crippen molar-refractivity contribution >= 4 is 6.09 Å². The number of hydrazine groups is 1. The molecule has 7 heteroatoms. The number of hydrogen-bond acceptors (Lipinski definition) is 4.